The van der Waals surface area contributed by atoms with Crippen molar-refractivity contribution in [3.05, 3.63) is 83.4 Å². The van der Waals surface area contributed by atoms with E-state index in [1.165, 1.54) is 0 Å². The molecule has 0 bridgehead atoms. The van der Waals surface area contributed by atoms with Crippen molar-refractivity contribution in [2.45, 2.75) is 17.7 Å². The second kappa shape index (κ2) is 9.85. The fraction of sp³-hybridized carbons (Fsp3) is 0.250. The number of benzene rings is 3. The summed E-state index contributed by atoms with van der Waals surface area (Å²) in [5, 5.41) is 0. The fourth-order valence-electron chi connectivity index (χ4n) is 3.49. The molecular formula is C24H27NO5S. The third kappa shape index (κ3) is 5.00. The molecule has 6 nitrogen and oxygen atoms in total. The van der Waals surface area contributed by atoms with Crippen molar-refractivity contribution in [3.63, 3.8) is 0 Å². The largest absolute Gasteiger partial charge is 0.493 e. The Hall–Kier alpha value is -3.03. The highest BCUT2D eigenvalue weighted by molar-refractivity contribution is 7.89. The van der Waals surface area contributed by atoms with Gasteiger partial charge in [-0.15, -0.1) is 0 Å². The summed E-state index contributed by atoms with van der Waals surface area (Å²) in [6, 6.07) is 20.1. The molecule has 1 atom stereocenters. The molecular weight excluding hydrogens is 414 g/mol. The van der Waals surface area contributed by atoms with Gasteiger partial charge in [-0.3, -0.25) is 0 Å². The first kappa shape index (κ1) is 22.7. The highest BCUT2D eigenvalue weighted by Gasteiger charge is 2.25. The van der Waals surface area contributed by atoms with Crippen LogP contribution < -0.4 is 18.9 Å². The molecule has 3 rings (SSSR count). The molecule has 0 fully saturated rings. The van der Waals surface area contributed by atoms with Crippen LogP contribution in [-0.2, 0) is 10.0 Å². The maximum atomic E-state index is 12.9. The summed E-state index contributed by atoms with van der Waals surface area (Å²) >= 11 is 0. The molecule has 3 aromatic rings. The van der Waals surface area contributed by atoms with Crippen LogP contribution in [0.5, 0.6) is 17.2 Å². The first-order valence-corrected chi connectivity index (χ1v) is 11.3. The Balaban J connectivity index is 2.02. The summed E-state index contributed by atoms with van der Waals surface area (Å²) in [5.74, 6) is 1.20. The molecule has 31 heavy (non-hydrogen) atoms. The van der Waals surface area contributed by atoms with Gasteiger partial charge in [0.2, 0.25) is 15.8 Å². The van der Waals surface area contributed by atoms with Crippen LogP contribution in [0.25, 0.3) is 0 Å². The van der Waals surface area contributed by atoms with Crippen molar-refractivity contribution in [2.75, 3.05) is 27.9 Å². The average molecular weight is 442 g/mol. The van der Waals surface area contributed by atoms with Gasteiger partial charge in [0.05, 0.1) is 26.2 Å². The lowest BCUT2D eigenvalue weighted by Gasteiger charge is -2.23. The van der Waals surface area contributed by atoms with E-state index in [4.69, 9.17) is 14.2 Å². The number of hydrogen-bond acceptors (Lipinski definition) is 5. The van der Waals surface area contributed by atoms with Crippen molar-refractivity contribution in [2.24, 2.45) is 0 Å². The fourth-order valence-corrected chi connectivity index (χ4v) is 4.53. The van der Waals surface area contributed by atoms with E-state index < -0.39 is 10.0 Å². The Kier molecular flexibility index (Phi) is 7.20. The Labute approximate surface area is 183 Å². The number of aryl methyl sites for hydroxylation is 1. The van der Waals surface area contributed by atoms with Crippen molar-refractivity contribution >= 4 is 10.0 Å². The van der Waals surface area contributed by atoms with Crippen LogP contribution >= 0.6 is 0 Å². The zero-order chi connectivity index (χ0) is 22.4. The Morgan fingerprint density at radius 1 is 0.806 bits per heavy atom. The molecule has 7 heteroatoms. The molecule has 0 saturated heterocycles. The summed E-state index contributed by atoms with van der Waals surface area (Å²) in [7, 11) is 0.972. The van der Waals surface area contributed by atoms with Gasteiger partial charge in [0.15, 0.2) is 11.5 Å². The van der Waals surface area contributed by atoms with Crippen LogP contribution in [-0.4, -0.2) is 36.3 Å². The molecule has 0 heterocycles. The third-order valence-electron chi connectivity index (χ3n) is 5.12. The van der Waals surface area contributed by atoms with Gasteiger partial charge in [-0.05, 0) is 30.7 Å². The first-order valence-electron chi connectivity index (χ1n) is 9.81. The van der Waals surface area contributed by atoms with E-state index in [1.807, 2.05) is 43.3 Å². The Morgan fingerprint density at radius 3 is 2.03 bits per heavy atom. The number of hydrogen-bond donors (Lipinski definition) is 1. The van der Waals surface area contributed by atoms with Crippen LogP contribution in [0.2, 0.25) is 0 Å². The molecule has 0 aliphatic rings. The zero-order valence-corrected chi connectivity index (χ0v) is 18.9. The lowest BCUT2D eigenvalue weighted by Crippen LogP contribution is -2.29. The number of sulfonamides is 1. The van der Waals surface area contributed by atoms with Crippen molar-refractivity contribution in [1.29, 1.82) is 0 Å². The van der Waals surface area contributed by atoms with Crippen LogP contribution in [0.4, 0.5) is 0 Å². The summed E-state index contributed by atoms with van der Waals surface area (Å²) in [4.78, 5) is 0.226. The van der Waals surface area contributed by atoms with Gasteiger partial charge in [0.25, 0.3) is 0 Å². The molecule has 0 spiro atoms. The Bertz CT molecular complexity index is 1110. The van der Waals surface area contributed by atoms with Gasteiger partial charge in [0, 0.05) is 18.0 Å². The van der Waals surface area contributed by atoms with E-state index in [2.05, 4.69) is 4.72 Å². The van der Waals surface area contributed by atoms with Crippen molar-refractivity contribution in [1.82, 2.24) is 4.72 Å². The molecule has 164 valence electrons. The maximum absolute atomic E-state index is 12.9. The van der Waals surface area contributed by atoms with Gasteiger partial charge in [-0.2, -0.15) is 0 Å². The predicted octanol–water partition coefficient (Wildman–Crippen LogP) is 4.13. The number of rotatable bonds is 9. The van der Waals surface area contributed by atoms with E-state index in [9.17, 15) is 8.42 Å². The number of nitrogens with one attached hydrogen (secondary N) is 1. The molecule has 0 radical (unpaired) electrons. The summed E-state index contributed by atoms with van der Waals surface area (Å²) < 4.78 is 45.1. The summed E-state index contributed by atoms with van der Waals surface area (Å²) in [5.41, 5.74) is 2.73. The lowest BCUT2D eigenvalue weighted by atomic mass is 9.90. The second-order valence-electron chi connectivity index (χ2n) is 7.05. The lowest BCUT2D eigenvalue weighted by molar-refractivity contribution is 0.321. The van der Waals surface area contributed by atoms with Gasteiger partial charge < -0.3 is 14.2 Å². The molecule has 0 saturated carbocycles. The van der Waals surface area contributed by atoms with Crippen LogP contribution in [0.3, 0.4) is 0 Å². The number of ether oxygens (including phenoxy) is 3. The van der Waals surface area contributed by atoms with Gasteiger partial charge in [0.1, 0.15) is 0 Å². The second-order valence-corrected chi connectivity index (χ2v) is 8.82. The van der Waals surface area contributed by atoms with E-state index in [0.717, 1.165) is 16.7 Å². The molecule has 1 N–H and O–H groups in total. The summed E-state index contributed by atoms with van der Waals surface area (Å²) in [6.07, 6.45) is 0. The highest BCUT2D eigenvalue weighted by atomic mass is 32.2. The molecule has 0 amide bonds. The molecule has 0 aliphatic carbocycles. The molecule has 1 unspecified atom stereocenters. The highest BCUT2D eigenvalue weighted by Crippen LogP contribution is 2.44. The molecule has 3 aromatic carbocycles. The SMILES string of the molecule is COc1ccc(C(CNS(=O)(=O)c2ccc(C)cc2)c2ccccc2)c(OC)c1OC. The van der Waals surface area contributed by atoms with Crippen molar-refractivity contribution in [3.8, 4) is 17.2 Å². The first-order chi connectivity index (χ1) is 14.9. The minimum absolute atomic E-state index is 0.145. The zero-order valence-electron chi connectivity index (χ0n) is 18.1. The topological polar surface area (TPSA) is 73.9 Å². The Morgan fingerprint density at radius 2 is 1.45 bits per heavy atom. The monoisotopic (exact) mass is 441 g/mol. The van der Waals surface area contributed by atoms with Crippen LogP contribution in [0.1, 0.15) is 22.6 Å². The summed E-state index contributed by atoms with van der Waals surface area (Å²) in [6.45, 7) is 2.06. The minimum atomic E-state index is -3.68. The third-order valence-corrected chi connectivity index (χ3v) is 6.56. The van der Waals surface area contributed by atoms with Gasteiger partial charge in [-0.1, -0.05) is 54.1 Å². The predicted molar refractivity (Wildman–Crippen MR) is 121 cm³/mol. The van der Waals surface area contributed by atoms with E-state index in [0.29, 0.717) is 17.2 Å². The average Bonchev–Trinajstić information content (AvgIpc) is 2.79. The molecule has 0 aliphatic heterocycles. The standard InChI is InChI=1S/C24H27NO5S/c1-17-10-12-19(13-11-17)31(26,27)25-16-21(18-8-6-5-7-9-18)20-14-15-22(28-2)24(30-4)23(20)29-3/h5-15,21,25H,16H2,1-4H3. The van der Waals surface area contributed by atoms with E-state index in [1.54, 1.807) is 51.7 Å². The molecule has 0 aromatic heterocycles. The van der Waals surface area contributed by atoms with Gasteiger partial charge in [-0.25, -0.2) is 13.1 Å². The van der Waals surface area contributed by atoms with Crippen LogP contribution in [0, 0.1) is 6.92 Å². The smallest absolute Gasteiger partial charge is 0.240 e. The van der Waals surface area contributed by atoms with E-state index in [-0.39, 0.29) is 17.4 Å². The normalized spacial score (nSPS) is 12.3. The number of methoxy groups -OCH3 is 3. The maximum Gasteiger partial charge on any atom is 0.240 e. The van der Waals surface area contributed by atoms with Crippen LogP contribution in [0.15, 0.2) is 71.6 Å². The van der Waals surface area contributed by atoms with Crippen molar-refractivity contribution < 1.29 is 22.6 Å². The van der Waals surface area contributed by atoms with E-state index >= 15 is 0 Å². The minimum Gasteiger partial charge on any atom is -0.493 e. The quantitative estimate of drug-likeness (QED) is 0.540. The van der Waals surface area contributed by atoms with Gasteiger partial charge >= 0.3 is 0 Å².